The first-order chi connectivity index (χ1) is 34.8. The summed E-state index contributed by atoms with van der Waals surface area (Å²) in [4.78, 5) is 35.5. The number of aliphatic hydroxyl groups is 3. The van der Waals surface area contributed by atoms with Crippen molar-refractivity contribution in [2.45, 2.75) is 147 Å². The molecule has 0 unspecified atom stereocenters. The van der Waals surface area contributed by atoms with Crippen LogP contribution in [-0.2, 0) is 30.4 Å². The van der Waals surface area contributed by atoms with Crippen molar-refractivity contribution < 1.29 is 58.2 Å². The summed E-state index contributed by atoms with van der Waals surface area (Å²) in [5.41, 5.74) is 3.34. The van der Waals surface area contributed by atoms with Crippen molar-refractivity contribution in [3.8, 4) is 11.5 Å². The van der Waals surface area contributed by atoms with Crippen LogP contribution >= 0.6 is 0 Å². The molecule has 1 saturated carbocycles. The van der Waals surface area contributed by atoms with E-state index < -0.39 is 29.9 Å². The minimum atomic E-state index is -1.54. The largest absolute Gasteiger partial charge is 0.459 e. The Hall–Kier alpha value is -4.51. The second-order valence-corrected chi connectivity index (χ2v) is 18.9. The molecule has 71 heavy (non-hydrogen) atoms. The molecule has 1 fully saturated rings. The zero-order valence-electron chi connectivity index (χ0n) is 42.8. The first kappa shape index (κ1) is 57.4. The van der Waals surface area contributed by atoms with Crippen molar-refractivity contribution in [3.05, 3.63) is 84.0 Å². The minimum absolute atomic E-state index is 0.0145. The Morgan fingerprint density at radius 2 is 1.58 bits per heavy atom. The molecule has 2 amide bonds. The number of carbonyl (C=O) groups excluding carboxylic acids is 2. The van der Waals surface area contributed by atoms with E-state index in [-0.39, 0.29) is 83.6 Å². The van der Waals surface area contributed by atoms with Gasteiger partial charge < -0.3 is 53.9 Å². The summed E-state index contributed by atoms with van der Waals surface area (Å²) < 4.78 is 38.0. The van der Waals surface area contributed by atoms with Crippen LogP contribution in [0.15, 0.2) is 78.0 Å². The quantitative estimate of drug-likeness (QED) is 0.0288. The van der Waals surface area contributed by atoms with Crippen LogP contribution in [0, 0.1) is 17.8 Å². The van der Waals surface area contributed by atoms with E-state index in [4.69, 9.17) is 38.4 Å². The van der Waals surface area contributed by atoms with Crippen LogP contribution in [0.25, 0.3) is 0 Å². The number of ether oxygens (including phenoxy) is 6. The predicted molar refractivity (Wildman–Crippen MR) is 275 cm³/mol. The number of unbranched alkanes of at least 4 members (excludes halogenated alkanes) is 11. The second kappa shape index (κ2) is 32.5. The Morgan fingerprint density at radius 1 is 0.845 bits per heavy atom. The monoisotopic (exact) mass is 992 g/mol. The molecule has 6 atom stereocenters. The van der Waals surface area contributed by atoms with Crippen LogP contribution in [0.3, 0.4) is 0 Å². The van der Waals surface area contributed by atoms with Crippen molar-refractivity contribution in [1.82, 2.24) is 10.2 Å². The highest BCUT2D eigenvalue weighted by Crippen LogP contribution is 2.62. The molecule has 5 rings (SSSR count). The Morgan fingerprint density at radius 3 is 2.28 bits per heavy atom. The first-order valence-corrected chi connectivity index (χ1v) is 26.7. The van der Waals surface area contributed by atoms with Crippen LogP contribution in [0.5, 0.6) is 11.5 Å². The third kappa shape index (κ3) is 17.3. The highest BCUT2D eigenvalue weighted by Gasteiger charge is 2.65. The van der Waals surface area contributed by atoms with Crippen molar-refractivity contribution in [2.75, 3.05) is 72.6 Å². The van der Waals surface area contributed by atoms with Crippen molar-refractivity contribution in [3.63, 3.8) is 0 Å². The molecule has 0 spiro atoms. The number of amides is 2. The molecule has 15 heteroatoms. The van der Waals surface area contributed by atoms with E-state index in [1.165, 1.54) is 44.9 Å². The number of nitrogens with one attached hydrogen (secondary N) is 1. The minimum Gasteiger partial charge on any atom is -0.459 e. The Labute approximate surface area is 423 Å². The normalized spacial score (nSPS) is 21.6. The van der Waals surface area contributed by atoms with E-state index in [1.54, 1.807) is 17.0 Å². The van der Waals surface area contributed by atoms with E-state index in [0.29, 0.717) is 49.8 Å². The average Bonchev–Trinajstić information content (AvgIpc) is 3.38. The third-order valence-corrected chi connectivity index (χ3v) is 13.8. The van der Waals surface area contributed by atoms with Gasteiger partial charge in [-0.3, -0.25) is 4.90 Å². The SMILES string of the molecule is C=CCO[C@@]12Oc3ccc(OC(=O)NCCCCCCCCCCCC)cc3[C@H]3[C@H](CCCCO)[C@@H](CCCCO)C=C(C(=NOCC)C[C@@H]1N(CCOCCO)C(=O)OCCOCc1ccccc1)[C@H]32. The maximum absolute atomic E-state index is 14.6. The number of fused-ring (bicyclic) bond motifs is 2. The lowest BCUT2D eigenvalue weighted by atomic mass is 9.55. The summed E-state index contributed by atoms with van der Waals surface area (Å²) in [6.07, 6.45) is 19.2. The fourth-order valence-electron chi connectivity index (χ4n) is 10.5. The molecular weight excluding hydrogens is 907 g/mol. The molecule has 0 saturated heterocycles. The first-order valence-electron chi connectivity index (χ1n) is 26.7. The zero-order chi connectivity index (χ0) is 50.5. The van der Waals surface area contributed by atoms with Gasteiger partial charge in [-0.25, -0.2) is 9.59 Å². The van der Waals surface area contributed by atoms with Crippen LogP contribution < -0.4 is 14.8 Å². The lowest BCUT2D eigenvalue weighted by Crippen LogP contribution is -2.70. The van der Waals surface area contributed by atoms with Gasteiger partial charge in [0.1, 0.15) is 30.8 Å². The summed E-state index contributed by atoms with van der Waals surface area (Å²) in [6.45, 7) is 9.68. The summed E-state index contributed by atoms with van der Waals surface area (Å²) in [5, 5.41) is 37.3. The van der Waals surface area contributed by atoms with Crippen LogP contribution in [0.4, 0.5) is 9.59 Å². The van der Waals surface area contributed by atoms with Crippen LogP contribution in [0.1, 0.15) is 140 Å². The maximum atomic E-state index is 14.6. The molecule has 2 aliphatic carbocycles. The van der Waals surface area contributed by atoms with Crippen LogP contribution in [0.2, 0.25) is 0 Å². The fraction of sp³-hybridized carbons (Fsp3) is 0.661. The molecule has 2 aromatic carbocycles. The van der Waals surface area contributed by atoms with Gasteiger partial charge in [0.25, 0.3) is 0 Å². The molecular formula is C56H85N3O12. The van der Waals surface area contributed by atoms with Gasteiger partial charge in [-0.2, -0.15) is 0 Å². The van der Waals surface area contributed by atoms with Gasteiger partial charge in [-0.05, 0) is 80.2 Å². The van der Waals surface area contributed by atoms with Crippen molar-refractivity contribution in [1.29, 1.82) is 0 Å². The number of hydrogen-bond donors (Lipinski definition) is 4. The molecule has 1 aliphatic heterocycles. The van der Waals surface area contributed by atoms with Gasteiger partial charge in [0.2, 0.25) is 5.79 Å². The summed E-state index contributed by atoms with van der Waals surface area (Å²) in [7, 11) is 0. The van der Waals surface area contributed by atoms with Crippen molar-refractivity contribution in [2.24, 2.45) is 22.9 Å². The van der Waals surface area contributed by atoms with E-state index in [2.05, 4.69) is 24.9 Å². The highest BCUT2D eigenvalue weighted by molar-refractivity contribution is 6.03. The number of hydrogen-bond acceptors (Lipinski definition) is 13. The topological polar surface area (TPSA) is 187 Å². The lowest BCUT2D eigenvalue weighted by molar-refractivity contribution is -0.256. The zero-order valence-corrected chi connectivity index (χ0v) is 42.8. The maximum Gasteiger partial charge on any atom is 0.412 e. The Kier molecular flexibility index (Phi) is 26.3. The van der Waals surface area contributed by atoms with E-state index in [0.717, 1.165) is 61.6 Å². The molecule has 0 radical (unpaired) electrons. The number of aliphatic hydroxyl groups excluding tert-OH is 3. The molecule has 4 N–H and O–H groups in total. The van der Waals surface area contributed by atoms with Gasteiger partial charge in [-0.1, -0.05) is 125 Å². The Bertz CT molecular complexity index is 1910. The molecule has 15 nitrogen and oxygen atoms in total. The van der Waals surface area contributed by atoms with Gasteiger partial charge in [0.05, 0.1) is 51.3 Å². The molecule has 0 aromatic heterocycles. The van der Waals surface area contributed by atoms with Crippen LogP contribution in [-0.4, -0.2) is 122 Å². The predicted octanol–water partition coefficient (Wildman–Crippen LogP) is 10.0. The molecule has 0 bridgehead atoms. The molecule has 1 heterocycles. The van der Waals surface area contributed by atoms with E-state index in [9.17, 15) is 24.9 Å². The second-order valence-electron chi connectivity index (χ2n) is 18.9. The van der Waals surface area contributed by atoms with Crippen molar-refractivity contribution >= 4 is 17.9 Å². The van der Waals surface area contributed by atoms with E-state index in [1.807, 2.05) is 49.4 Å². The standard InChI is InChI=1S/C56H85N3O12/c1-4-7-8-9-10-11-12-13-14-20-29-57-54(63)70-45-27-28-50-48(40-45)52-46(26-19-22-32-61)44(25-18-21-31-60)39-47-49(58-69-6-3)41-51(56(71-50,53(47)52)68-34-5-2)59(30-35-65-36-33-62)55(64)67-38-37-66-42-43-23-16-15-17-24-43/h5,15-17,23-24,27-28,39-40,44,46,51-53,60-62H,2,4,6-14,18-22,25-26,29-38,41-42H2,1,3H3,(H,57,63)/t44-,46+,51-,52+,53+,56+/m0/s1. The summed E-state index contributed by atoms with van der Waals surface area (Å²) in [6, 6.07) is 14.3. The fourth-order valence-corrected chi connectivity index (χ4v) is 10.5. The van der Waals surface area contributed by atoms with Gasteiger partial charge in [-0.15, -0.1) is 6.58 Å². The highest BCUT2D eigenvalue weighted by atomic mass is 16.7. The molecule has 396 valence electrons. The number of carbonyl (C=O) groups is 2. The smallest absolute Gasteiger partial charge is 0.412 e. The summed E-state index contributed by atoms with van der Waals surface area (Å²) in [5.74, 6) is -1.58. The number of oxime groups is 1. The number of allylic oxidation sites excluding steroid dienone is 1. The lowest BCUT2D eigenvalue weighted by Gasteiger charge is -2.59. The van der Waals surface area contributed by atoms with E-state index >= 15 is 0 Å². The Balaban J connectivity index is 1.51. The van der Waals surface area contributed by atoms with Gasteiger partial charge in [0.15, 0.2) is 0 Å². The summed E-state index contributed by atoms with van der Waals surface area (Å²) >= 11 is 0. The molecule has 2 aromatic rings. The van der Waals surface area contributed by atoms with Gasteiger partial charge >= 0.3 is 12.2 Å². The number of benzene rings is 2. The average molecular weight is 992 g/mol. The van der Waals surface area contributed by atoms with Gasteiger partial charge in [0, 0.05) is 44.2 Å². The molecule has 3 aliphatic rings. The third-order valence-electron chi connectivity index (χ3n) is 13.8. The number of rotatable bonds is 36. The number of nitrogens with zero attached hydrogens (tertiary/aromatic N) is 2.